The number of fused-ring (bicyclic) bond motifs is 1. The molecule has 0 saturated heterocycles. The number of ether oxygens (including phenoxy) is 1. The monoisotopic (exact) mass is 305 g/mol. The minimum Gasteiger partial charge on any atom is -0.480 e. The summed E-state index contributed by atoms with van der Waals surface area (Å²) in [5.41, 5.74) is 1.89. The van der Waals surface area contributed by atoms with Gasteiger partial charge in [0.15, 0.2) is 4.96 Å². The molecule has 21 heavy (non-hydrogen) atoms. The van der Waals surface area contributed by atoms with E-state index in [1.165, 1.54) is 6.07 Å². The molecule has 0 aliphatic heterocycles. The van der Waals surface area contributed by atoms with Crippen LogP contribution in [0.15, 0.2) is 35.8 Å². The number of thiazole rings is 1. The first kappa shape index (κ1) is 14.0. The second kappa shape index (κ2) is 5.83. The summed E-state index contributed by atoms with van der Waals surface area (Å²) in [6.45, 7) is 2.60. The highest BCUT2D eigenvalue weighted by Crippen LogP contribution is 2.24. The molecule has 0 aliphatic carbocycles. The molecule has 0 saturated carbocycles. The van der Waals surface area contributed by atoms with E-state index < -0.39 is 0 Å². The van der Waals surface area contributed by atoms with Crippen molar-refractivity contribution in [1.29, 1.82) is 0 Å². The molecule has 1 aromatic carbocycles. The first-order chi connectivity index (χ1) is 10.2. The molecule has 2 aromatic heterocycles. The molecule has 6 heteroatoms. The molecule has 3 aromatic rings. The highest BCUT2D eigenvalue weighted by Gasteiger charge is 2.15. The number of aromatic nitrogens is 2. The number of nitrogens with one attached hydrogen (secondary N) is 1. The van der Waals surface area contributed by atoms with Crippen LogP contribution in [0.5, 0.6) is 5.88 Å². The average Bonchev–Trinajstić information content (AvgIpc) is 3.05. The van der Waals surface area contributed by atoms with Crippen molar-refractivity contribution < 1.29 is 9.13 Å². The summed E-state index contributed by atoms with van der Waals surface area (Å²) in [6, 6.07) is 6.67. The number of imidazole rings is 1. The number of methoxy groups -OCH3 is 1. The predicted octanol–water partition coefficient (Wildman–Crippen LogP) is 3.39. The molecule has 1 N–H and O–H groups in total. The van der Waals surface area contributed by atoms with Crippen molar-refractivity contribution in [3.63, 3.8) is 0 Å². The Bertz CT molecular complexity index is 752. The maximum atomic E-state index is 13.3. The fraction of sp³-hybridized carbons (Fsp3) is 0.267. The largest absolute Gasteiger partial charge is 0.480 e. The third kappa shape index (κ3) is 2.77. The minimum absolute atomic E-state index is 0.0367. The van der Waals surface area contributed by atoms with Crippen LogP contribution >= 0.6 is 11.3 Å². The van der Waals surface area contributed by atoms with Crippen LogP contribution in [-0.2, 0) is 6.54 Å². The minimum atomic E-state index is -0.219. The van der Waals surface area contributed by atoms with Crippen LogP contribution in [0.25, 0.3) is 4.96 Å². The van der Waals surface area contributed by atoms with Crippen LogP contribution in [-0.4, -0.2) is 16.5 Å². The predicted molar refractivity (Wildman–Crippen MR) is 81.3 cm³/mol. The Labute approximate surface area is 126 Å². The van der Waals surface area contributed by atoms with Crippen molar-refractivity contribution in [1.82, 2.24) is 14.7 Å². The van der Waals surface area contributed by atoms with E-state index in [-0.39, 0.29) is 11.9 Å². The molecule has 0 radical (unpaired) electrons. The molecule has 0 aliphatic rings. The molecular weight excluding hydrogens is 289 g/mol. The van der Waals surface area contributed by atoms with E-state index in [2.05, 4.69) is 10.3 Å². The first-order valence-electron chi connectivity index (χ1n) is 6.66. The van der Waals surface area contributed by atoms with Crippen molar-refractivity contribution in [3.05, 3.63) is 52.9 Å². The van der Waals surface area contributed by atoms with Crippen molar-refractivity contribution in [2.45, 2.75) is 19.5 Å². The topological polar surface area (TPSA) is 38.6 Å². The van der Waals surface area contributed by atoms with Gasteiger partial charge in [-0.2, -0.15) is 4.98 Å². The molecule has 0 amide bonds. The summed E-state index contributed by atoms with van der Waals surface area (Å²) in [7, 11) is 1.62. The summed E-state index contributed by atoms with van der Waals surface area (Å²) < 4.78 is 20.6. The second-order valence-corrected chi connectivity index (χ2v) is 5.65. The lowest BCUT2D eigenvalue weighted by atomic mass is 10.1. The summed E-state index contributed by atoms with van der Waals surface area (Å²) in [5, 5.41) is 5.37. The lowest BCUT2D eigenvalue weighted by molar-refractivity contribution is 0.391. The Morgan fingerprint density at radius 2 is 2.33 bits per heavy atom. The van der Waals surface area contributed by atoms with E-state index in [9.17, 15) is 4.39 Å². The van der Waals surface area contributed by atoms with Gasteiger partial charge in [0, 0.05) is 24.2 Å². The number of halogens is 1. The molecule has 2 heterocycles. The number of hydrogen-bond donors (Lipinski definition) is 1. The summed E-state index contributed by atoms with van der Waals surface area (Å²) in [6.07, 6.45) is 1.97. The van der Waals surface area contributed by atoms with Crippen molar-refractivity contribution >= 4 is 16.3 Å². The first-order valence-corrected chi connectivity index (χ1v) is 7.54. The van der Waals surface area contributed by atoms with Gasteiger partial charge < -0.3 is 10.1 Å². The van der Waals surface area contributed by atoms with Gasteiger partial charge in [-0.1, -0.05) is 12.1 Å². The quantitative estimate of drug-likeness (QED) is 0.785. The molecule has 110 valence electrons. The van der Waals surface area contributed by atoms with Crippen LogP contribution < -0.4 is 10.1 Å². The Morgan fingerprint density at radius 3 is 3.10 bits per heavy atom. The van der Waals surface area contributed by atoms with Gasteiger partial charge in [0.05, 0.1) is 7.11 Å². The number of nitrogens with zero attached hydrogens (tertiary/aromatic N) is 2. The third-order valence-electron chi connectivity index (χ3n) is 3.44. The van der Waals surface area contributed by atoms with Crippen LogP contribution in [0.4, 0.5) is 4.39 Å². The van der Waals surface area contributed by atoms with E-state index >= 15 is 0 Å². The van der Waals surface area contributed by atoms with Crippen molar-refractivity contribution in [2.24, 2.45) is 0 Å². The highest BCUT2D eigenvalue weighted by molar-refractivity contribution is 7.15. The smallest absolute Gasteiger partial charge is 0.237 e. The zero-order valence-electron chi connectivity index (χ0n) is 11.8. The van der Waals surface area contributed by atoms with Crippen LogP contribution in [0, 0.1) is 5.82 Å². The average molecular weight is 305 g/mol. The number of hydrogen-bond acceptors (Lipinski definition) is 4. The lowest BCUT2D eigenvalue weighted by Gasteiger charge is -2.14. The van der Waals surface area contributed by atoms with Crippen molar-refractivity contribution in [3.8, 4) is 5.88 Å². The second-order valence-electron chi connectivity index (χ2n) is 4.78. The van der Waals surface area contributed by atoms with Gasteiger partial charge in [-0.15, -0.1) is 11.3 Å². The molecule has 0 spiro atoms. The van der Waals surface area contributed by atoms with Gasteiger partial charge in [-0.25, -0.2) is 4.39 Å². The summed E-state index contributed by atoms with van der Waals surface area (Å²) in [4.78, 5) is 5.32. The van der Waals surface area contributed by atoms with Gasteiger partial charge in [-0.05, 0) is 24.6 Å². The molecular formula is C15H16FN3OS. The molecule has 0 bridgehead atoms. The van der Waals surface area contributed by atoms with Gasteiger partial charge >= 0.3 is 0 Å². The van der Waals surface area contributed by atoms with Crippen LogP contribution in [0.2, 0.25) is 0 Å². The maximum absolute atomic E-state index is 13.3. The highest BCUT2D eigenvalue weighted by atomic mass is 32.1. The Balaban J connectivity index is 1.78. The standard InChI is InChI=1S/C15H16FN3OS/c1-10(11-4-3-5-12(16)8-11)17-9-13-14(20-2)18-15-19(13)6-7-21-15/h3-8,10,17H,9H2,1-2H3/t10-/m0/s1. The zero-order chi connectivity index (χ0) is 14.8. The number of rotatable bonds is 5. The van der Waals surface area contributed by atoms with E-state index in [4.69, 9.17) is 4.74 Å². The maximum Gasteiger partial charge on any atom is 0.237 e. The molecule has 0 unspecified atom stereocenters. The van der Waals surface area contributed by atoms with Gasteiger partial charge in [0.2, 0.25) is 5.88 Å². The molecule has 3 rings (SSSR count). The van der Waals surface area contributed by atoms with Crippen LogP contribution in [0.1, 0.15) is 24.2 Å². The fourth-order valence-electron chi connectivity index (χ4n) is 2.28. The normalized spacial score (nSPS) is 12.7. The van der Waals surface area contributed by atoms with Gasteiger partial charge in [0.1, 0.15) is 11.5 Å². The SMILES string of the molecule is COc1nc2sccn2c1CN[C@@H](C)c1cccc(F)c1. The van der Waals surface area contributed by atoms with Crippen LogP contribution in [0.3, 0.4) is 0 Å². The van der Waals surface area contributed by atoms with E-state index in [1.807, 2.05) is 29.0 Å². The number of benzene rings is 1. The van der Waals surface area contributed by atoms with Gasteiger partial charge in [0.25, 0.3) is 0 Å². The van der Waals surface area contributed by atoms with E-state index in [0.29, 0.717) is 12.4 Å². The van der Waals surface area contributed by atoms with E-state index in [1.54, 1.807) is 30.6 Å². The summed E-state index contributed by atoms with van der Waals surface area (Å²) in [5.74, 6) is 0.407. The molecule has 0 fully saturated rings. The Kier molecular flexibility index (Phi) is 3.90. The molecule has 4 nitrogen and oxygen atoms in total. The van der Waals surface area contributed by atoms with Crippen molar-refractivity contribution in [2.75, 3.05) is 7.11 Å². The third-order valence-corrected chi connectivity index (χ3v) is 4.20. The lowest BCUT2D eigenvalue weighted by Crippen LogP contribution is -2.19. The molecule has 1 atom stereocenters. The Hall–Kier alpha value is -1.92. The fourth-order valence-corrected chi connectivity index (χ4v) is 3.01. The van der Waals surface area contributed by atoms with E-state index in [0.717, 1.165) is 16.2 Å². The van der Waals surface area contributed by atoms with Gasteiger partial charge in [-0.3, -0.25) is 4.40 Å². The zero-order valence-corrected chi connectivity index (χ0v) is 12.7. The summed E-state index contributed by atoms with van der Waals surface area (Å²) >= 11 is 1.56. The Morgan fingerprint density at radius 1 is 1.48 bits per heavy atom.